The van der Waals surface area contributed by atoms with E-state index in [4.69, 9.17) is 14.2 Å². The van der Waals surface area contributed by atoms with Gasteiger partial charge in [-0.1, -0.05) is 56.3 Å². The second-order valence-electron chi connectivity index (χ2n) is 11.2. The van der Waals surface area contributed by atoms with Gasteiger partial charge in [0, 0.05) is 19.5 Å². The van der Waals surface area contributed by atoms with E-state index in [1.54, 1.807) is 12.1 Å². The highest BCUT2D eigenvalue weighted by Crippen LogP contribution is 2.22. The molecule has 2 N–H and O–H groups in total. The number of amides is 1. The van der Waals surface area contributed by atoms with Gasteiger partial charge in [0.15, 0.2) is 0 Å². The fourth-order valence-corrected chi connectivity index (χ4v) is 6.61. The van der Waals surface area contributed by atoms with Crippen LogP contribution in [0.2, 0.25) is 0 Å². The second-order valence-corrected chi connectivity index (χ2v) is 13.2. The molecule has 0 saturated carbocycles. The van der Waals surface area contributed by atoms with Crippen molar-refractivity contribution in [1.29, 1.82) is 0 Å². The first-order chi connectivity index (χ1) is 20.6. The van der Waals surface area contributed by atoms with E-state index >= 15 is 0 Å². The van der Waals surface area contributed by atoms with Gasteiger partial charge in [0.05, 0.1) is 43.8 Å². The molecule has 4 rings (SSSR count). The number of nitrogens with one attached hydrogen (secondary N) is 1. The van der Waals surface area contributed by atoms with Gasteiger partial charge in [-0.15, -0.1) is 0 Å². The van der Waals surface area contributed by atoms with Gasteiger partial charge in [0.25, 0.3) is 0 Å². The van der Waals surface area contributed by atoms with Crippen LogP contribution in [0.25, 0.3) is 0 Å². The van der Waals surface area contributed by atoms with Crippen LogP contribution in [0.4, 0.5) is 0 Å². The Morgan fingerprint density at radius 2 is 1.65 bits per heavy atom. The summed E-state index contributed by atoms with van der Waals surface area (Å²) in [5.74, 6) is 1.01. The Bertz CT molecular complexity index is 1390. The van der Waals surface area contributed by atoms with Crippen LogP contribution in [0.15, 0.2) is 83.8 Å². The van der Waals surface area contributed by atoms with E-state index in [1.807, 2.05) is 68.4 Å². The molecule has 1 aliphatic rings. The van der Waals surface area contributed by atoms with Gasteiger partial charge in [0.2, 0.25) is 15.9 Å². The highest BCUT2D eigenvalue weighted by atomic mass is 32.2. The molecule has 3 atom stereocenters. The number of rotatable bonds is 15. The number of sulfonamides is 1. The lowest BCUT2D eigenvalue weighted by atomic mass is 10.00. The summed E-state index contributed by atoms with van der Waals surface area (Å²) in [6, 6.07) is 22.3. The molecule has 1 heterocycles. The van der Waals surface area contributed by atoms with E-state index in [2.05, 4.69) is 5.32 Å². The number of carbonyl (C=O) groups is 1. The summed E-state index contributed by atoms with van der Waals surface area (Å²) in [5, 5.41) is 14.4. The molecule has 3 aromatic carbocycles. The molecule has 10 heteroatoms. The summed E-state index contributed by atoms with van der Waals surface area (Å²) in [4.78, 5) is 13.3. The molecule has 0 unspecified atom stereocenters. The summed E-state index contributed by atoms with van der Waals surface area (Å²) in [6.45, 7) is 5.14. The first-order valence-corrected chi connectivity index (χ1v) is 16.1. The Balaban J connectivity index is 1.48. The smallest absolute Gasteiger partial charge is 0.243 e. The molecule has 0 aliphatic carbocycles. The van der Waals surface area contributed by atoms with Crippen molar-refractivity contribution < 1.29 is 32.5 Å². The molecule has 9 nitrogen and oxygen atoms in total. The number of benzene rings is 3. The van der Waals surface area contributed by atoms with Crippen molar-refractivity contribution in [3.8, 4) is 11.5 Å². The van der Waals surface area contributed by atoms with Crippen molar-refractivity contribution >= 4 is 15.9 Å². The van der Waals surface area contributed by atoms with E-state index in [0.717, 1.165) is 23.3 Å². The summed E-state index contributed by atoms with van der Waals surface area (Å²) in [6.07, 6.45) is 0.163. The SMILES string of the molecule is COc1ccc(S(=O)(=O)N(CC(C)C)C[C@@H](O)[C@H](Cc2ccccc2)NC(=O)Cc2ccc(O[C@H]3CCOC3)cc2)cc1. The minimum Gasteiger partial charge on any atom is -0.497 e. The van der Waals surface area contributed by atoms with Crippen LogP contribution < -0.4 is 14.8 Å². The van der Waals surface area contributed by atoms with Gasteiger partial charge in [-0.2, -0.15) is 4.31 Å². The number of hydrogen-bond donors (Lipinski definition) is 2. The highest BCUT2D eigenvalue weighted by Gasteiger charge is 2.31. The van der Waals surface area contributed by atoms with Gasteiger partial charge in [-0.05, 0) is 59.9 Å². The minimum absolute atomic E-state index is 0.00975. The molecule has 1 aliphatic heterocycles. The highest BCUT2D eigenvalue weighted by molar-refractivity contribution is 7.89. The minimum atomic E-state index is -3.93. The standard InChI is InChI=1S/C33H42N2O7S/c1-24(2)21-35(43(38,39)30-15-13-27(40-3)14-16-30)22-32(36)31(19-25-7-5-4-6-8-25)34-33(37)20-26-9-11-28(12-10-26)42-29-17-18-41-23-29/h4-16,24,29,31-32,36H,17-23H2,1-3H3,(H,34,37)/t29-,31-,32+/m0/s1. The van der Waals surface area contributed by atoms with Crippen molar-refractivity contribution in [3.05, 3.63) is 90.0 Å². The van der Waals surface area contributed by atoms with Crippen LogP contribution in [0.3, 0.4) is 0 Å². The summed E-state index contributed by atoms with van der Waals surface area (Å²) >= 11 is 0. The molecule has 1 saturated heterocycles. The predicted octanol–water partition coefficient (Wildman–Crippen LogP) is 3.84. The van der Waals surface area contributed by atoms with Gasteiger partial charge in [0.1, 0.15) is 17.6 Å². The molecule has 232 valence electrons. The van der Waals surface area contributed by atoms with Crippen LogP contribution in [0.5, 0.6) is 11.5 Å². The van der Waals surface area contributed by atoms with Gasteiger partial charge in [-0.3, -0.25) is 4.79 Å². The first-order valence-electron chi connectivity index (χ1n) is 14.6. The maximum atomic E-state index is 13.7. The number of ether oxygens (including phenoxy) is 3. The van der Waals surface area contributed by atoms with Crippen molar-refractivity contribution in [3.63, 3.8) is 0 Å². The molecular formula is C33H42N2O7S. The number of methoxy groups -OCH3 is 1. The van der Waals surface area contributed by atoms with Crippen LogP contribution in [0.1, 0.15) is 31.4 Å². The Labute approximate surface area is 254 Å². The number of aliphatic hydroxyl groups excluding tert-OH is 1. The Kier molecular flexibility index (Phi) is 11.6. The first kappa shape index (κ1) is 32.5. The van der Waals surface area contributed by atoms with Crippen LogP contribution in [-0.4, -0.2) is 75.4 Å². The average Bonchev–Trinajstić information content (AvgIpc) is 3.51. The zero-order valence-electron chi connectivity index (χ0n) is 25.0. The van der Waals surface area contributed by atoms with E-state index in [1.165, 1.54) is 23.5 Å². The normalized spacial score (nSPS) is 16.7. The second kappa shape index (κ2) is 15.3. The largest absolute Gasteiger partial charge is 0.497 e. The van der Waals surface area contributed by atoms with E-state index in [9.17, 15) is 18.3 Å². The van der Waals surface area contributed by atoms with E-state index in [-0.39, 0.29) is 42.3 Å². The lowest BCUT2D eigenvalue weighted by molar-refractivity contribution is -0.122. The molecule has 3 aromatic rings. The molecular weight excluding hydrogens is 568 g/mol. The average molecular weight is 611 g/mol. The topological polar surface area (TPSA) is 114 Å². The van der Waals surface area contributed by atoms with Crippen molar-refractivity contribution in [2.24, 2.45) is 5.92 Å². The number of aliphatic hydroxyl groups is 1. The monoisotopic (exact) mass is 610 g/mol. The molecule has 0 aromatic heterocycles. The Morgan fingerprint density at radius 3 is 2.26 bits per heavy atom. The summed E-state index contributed by atoms with van der Waals surface area (Å²) in [7, 11) is -2.41. The fraction of sp³-hybridized carbons (Fsp3) is 0.424. The molecule has 1 amide bonds. The third kappa shape index (κ3) is 9.53. The molecule has 0 bridgehead atoms. The summed E-state index contributed by atoms with van der Waals surface area (Å²) < 4.78 is 45.0. The Morgan fingerprint density at radius 1 is 0.977 bits per heavy atom. The van der Waals surface area contributed by atoms with E-state index < -0.39 is 22.2 Å². The van der Waals surface area contributed by atoms with Gasteiger partial charge >= 0.3 is 0 Å². The van der Waals surface area contributed by atoms with Gasteiger partial charge < -0.3 is 24.6 Å². The molecule has 43 heavy (non-hydrogen) atoms. The quantitative estimate of drug-likeness (QED) is 0.269. The molecule has 0 spiro atoms. The van der Waals surface area contributed by atoms with Gasteiger partial charge in [-0.25, -0.2) is 8.42 Å². The predicted molar refractivity (Wildman–Crippen MR) is 165 cm³/mol. The van der Waals surface area contributed by atoms with Crippen molar-refractivity contribution in [2.45, 2.75) is 56.3 Å². The third-order valence-electron chi connectivity index (χ3n) is 7.24. The third-order valence-corrected chi connectivity index (χ3v) is 9.09. The molecule has 1 fully saturated rings. The Hall–Kier alpha value is -3.44. The zero-order chi connectivity index (χ0) is 30.8. The van der Waals surface area contributed by atoms with Crippen LogP contribution >= 0.6 is 0 Å². The zero-order valence-corrected chi connectivity index (χ0v) is 25.8. The van der Waals surface area contributed by atoms with Crippen LogP contribution in [0, 0.1) is 5.92 Å². The van der Waals surface area contributed by atoms with Crippen molar-refractivity contribution in [2.75, 3.05) is 33.4 Å². The maximum absolute atomic E-state index is 13.7. The number of carbonyl (C=O) groups excluding carboxylic acids is 1. The number of hydrogen-bond acceptors (Lipinski definition) is 7. The van der Waals surface area contributed by atoms with E-state index in [0.29, 0.717) is 25.4 Å². The molecule has 0 radical (unpaired) electrons. The lowest BCUT2D eigenvalue weighted by Gasteiger charge is -2.31. The summed E-state index contributed by atoms with van der Waals surface area (Å²) in [5.41, 5.74) is 1.71. The lowest BCUT2D eigenvalue weighted by Crippen LogP contribution is -2.51. The van der Waals surface area contributed by atoms with Crippen LogP contribution in [-0.2, 0) is 32.4 Å². The number of nitrogens with zero attached hydrogens (tertiary/aromatic N) is 1. The maximum Gasteiger partial charge on any atom is 0.243 e. The van der Waals surface area contributed by atoms with Crippen molar-refractivity contribution in [1.82, 2.24) is 9.62 Å². The fourth-order valence-electron chi connectivity index (χ4n) is 4.99.